The molecule has 0 amide bonds. The maximum Gasteiger partial charge on any atom is 0.136 e. The molecule has 252 valence electrons. The van der Waals surface area contributed by atoms with Gasteiger partial charge in [0.1, 0.15) is 11.2 Å². The summed E-state index contributed by atoms with van der Waals surface area (Å²) in [7, 11) is 0. The van der Waals surface area contributed by atoms with Gasteiger partial charge in [0.2, 0.25) is 0 Å². The molecule has 10 aromatic carbocycles. The normalized spacial score (nSPS) is 11.7. The summed E-state index contributed by atoms with van der Waals surface area (Å²) >= 11 is 0. The Morgan fingerprint density at radius 2 is 0.833 bits per heavy atom. The Hall–Kier alpha value is -7.16. The molecule has 2 nitrogen and oxygen atoms in total. The summed E-state index contributed by atoms with van der Waals surface area (Å²) in [6.45, 7) is 0. The molecule has 0 spiro atoms. The van der Waals surface area contributed by atoms with Gasteiger partial charge in [0.15, 0.2) is 0 Å². The Labute approximate surface area is 312 Å². The first-order chi connectivity index (χ1) is 26.7. The van der Waals surface area contributed by atoms with E-state index in [1.54, 1.807) is 0 Å². The summed E-state index contributed by atoms with van der Waals surface area (Å²) in [5.74, 6) is 0. The molecule has 0 saturated carbocycles. The predicted molar refractivity (Wildman–Crippen MR) is 229 cm³/mol. The number of fused-ring (bicyclic) bond motifs is 8. The molecule has 0 aliphatic carbocycles. The van der Waals surface area contributed by atoms with Crippen LogP contribution in [0, 0.1) is 0 Å². The molecular formula is C52H33NO. The summed E-state index contributed by atoms with van der Waals surface area (Å²) in [5.41, 5.74) is 9.81. The van der Waals surface area contributed by atoms with Crippen LogP contribution in [0.2, 0.25) is 0 Å². The quantitative estimate of drug-likeness (QED) is 0.179. The van der Waals surface area contributed by atoms with Crippen LogP contribution < -0.4 is 4.90 Å². The Balaban J connectivity index is 1.10. The van der Waals surface area contributed by atoms with Crippen molar-refractivity contribution in [3.05, 3.63) is 200 Å². The molecule has 0 bridgehead atoms. The molecule has 1 heterocycles. The highest BCUT2D eigenvalue weighted by Gasteiger charge is 2.20. The highest BCUT2D eigenvalue weighted by molar-refractivity contribution is 6.19. The first-order valence-corrected chi connectivity index (χ1v) is 18.5. The highest BCUT2D eigenvalue weighted by Crippen LogP contribution is 2.45. The number of rotatable bonds is 5. The van der Waals surface area contributed by atoms with Crippen LogP contribution in [-0.4, -0.2) is 0 Å². The summed E-state index contributed by atoms with van der Waals surface area (Å²) < 4.78 is 6.44. The monoisotopic (exact) mass is 687 g/mol. The predicted octanol–water partition coefficient (Wildman–Crippen LogP) is 15.0. The van der Waals surface area contributed by atoms with Crippen LogP contribution >= 0.6 is 0 Å². The van der Waals surface area contributed by atoms with E-state index in [9.17, 15) is 0 Å². The van der Waals surface area contributed by atoms with Crippen molar-refractivity contribution in [1.29, 1.82) is 0 Å². The fourth-order valence-electron chi connectivity index (χ4n) is 8.29. The Kier molecular flexibility index (Phi) is 6.90. The van der Waals surface area contributed by atoms with Gasteiger partial charge in [-0.05, 0) is 120 Å². The molecule has 0 unspecified atom stereocenters. The fraction of sp³-hybridized carbons (Fsp3) is 0. The molecule has 0 atom stereocenters. The average molecular weight is 688 g/mol. The van der Waals surface area contributed by atoms with Crippen molar-refractivity contribution in [2.75, 3.05) is 4.90 Å². The van der Waals surface area contributed by atoms with Crippen LogP contribution in [-0.2, 0) is 0 Å². The van der Waals surface area contributed by atoms with Crippen LogP contribution in [0.15, 0.2) is 205 Å². The lowest BCUT2D eigenvalue weighted by Crippen LogP contribution is -2.11. The molecule has 11 rings (SSSR count). The Bertz CT molecular complexity index is 3240. The van der Waals surface area contributed by atoms with Crippen LogP contribution in [0.4, 0.5) is 17.1 Å². The average Bonchev–Trinajstić information content (AvgIpc) is 3.62. The van der Waals surface area contributed by atoms with E-state index in [1.807, 2.05) is 0 Å². The molecule has 2 heteroatoms. The second kappa shape index (κ2) is 12.2. The SMILES string of the molecule is c1ccc(N(c2ccc3ccccc3c2)c2ccc3oc4ccc5ccccc5c4c3c2)c(-c2ccc3ccc(-c4ccc5ccccc5c4)cc3c2)c1. The van der Waals surface area contributed by atoms with Gasteiger partial charge in [-0.15, -0.1) is 0 Å². The fourth-order valence-corrected chi connectivity index (χ4v) is 8.29. The minimum Gasteiger partial charge on any atom is -0.456 e. The highest BCUT2D eigenvalue weighted by atomic mass is 16.3. The lowest BCUT2D eigenvalue weighted by Gasteiger charge is -2.28. The third-order valence-electron chi connectivity index (χ3n) is 11.0. The van der Waals surface area contributed by atoms with Crippen LogP contribution in [0.5, 0.6) is 0 Å². The molecule has 1 aromatic heterocycles. The lowest BCUT2D eigenvalue weighted by atomic mass is 9.95. The zero-order chi connectivity index (χ0) is 35.6. The Morgan fingerprint density at radius 1 is 0.315 bits per heavy atom. The topological polar surface area (TPSA) is 16.4 Å². The van der Waals surface area contributed by atoms with Crippen LogP contribution in [0.25, 0.3) is 87.3 Å². The first-order valence-electron chi connectivity index (χ1n) is 18.5. The van der Waals surface area contributed by atoms with E-state index in [2.05, 4.69) is 205 Å². The van der Waals surface area contributed by atoms with E-state index in [0.29, 0.717) is 0 Å². The molecule has 0 aliphatic rings. The summed E-state index contributed by atoms with van der Waals surface area (Å²) in [5, 5.41) is 12.0. The molecule has 0 saturated heterocycles. The zero-order valence-electron chi connectivity index (χ0n) is 29.4. The van der Waals surface area contributed by atoms with Crippen molar-refractivity contribution < 1.29 is 4.42 Å². The van der Waals surface area contributed by atoms with E-state index in [0.717, 1.165) is 44.6 Å². The van der Waals surface area contributed by atoms with Crippen molar-refractivity contribution >= 4 is 82.1 Å². The number of furan rings is 1. The van der Waals surface area contributed by atoms with Crippen molar-refractivity contribution in [3.8, 4) is 22.3 Å². The van der Waals surface area contributed by atoms with Gasteiger partial charge in [0.25, 0.3) is 0 Å². The van der Waals surface area contributed by atoms with Gasteiger partial charge in [-0.2, -0.15) is 0 Å². The minimum absolute atomic E-state index is 0.883. The molecule has 0 radical (unpaired) electrons. The van der Waals surface area contributed by atoms with Gasteiger partial charge in [-0.3, -0.25) is 0 Å². The van der Waals surface area contributed by atoms with Gasteiger partial charge < -0.3 is 9.32 Å². The molecule has 0 aliphatic heterocycles. The molecular weight excluding hydrogens is 655 g/mol. The van der Waals surface area contributed by atoms with E-state index < -0.39 is 0 Å². The maximum atomic E-state index is 6.44. The first kappa shape index (κ1) is 30.5. The number of benzene rings is 10. The van der Waals surface area contributed by atoms with Gasteiger partial charge in [-0.1, -0.05) is 140 Å². The second-order valence-electron chi connectivity index (χ2n) is 14.2. The largest absolute Gasteiger partial charge is 0.456 e. The standard InChI is InChI=1S/C52H33NO/c1-3-12-38-29-40(20-17-34(38)9-1)41-21-18-36-19-22-42(31-43(36)30-41)46-14-7-8-16-49(46)53(44-25-23-35-10-2-4-13-39(35)32-44)45-26-28-50-48(33-45)52-47-15-6-5-11-37(47)24-27-51(52)54-50/h1-33H. The van der Waals surface area contributed by atoms with Crippen molar-refractivity contribution in [3.63, 3.8) is 0 Å². The molecule has 11 aromatic rings. The summed E-state index contributed by atoms with van der Waals surface area (Å²) in [6, 6.07) is 72.5. The third kappa shape index (κ3) is 5.03. The number of hydrogen-bond acceptors (Lipinski definition) is 2. The summed E-state index contributed by atoms with van der Waals surface area (Å²) in [4.78, 5) is 2.40. The zero-order valence-corrected chi connectivity index (χ0v) is 29.4. The van der Waals surface area contributed by atoms with Gasteiger partial charge >= 0.3 is 0 Å². The van der Waals surface area contributed by atoms with Crippen LogP contribution in [0.3, 0.4) is 0 Å². The van der Waals surface area contributed by atoms with Crippen molar-refractivity contribution in [2.24, 2.45) is 0 Å². The smallest absolute Gasteiger partial charge is 0.136 e. The Morgan fingerprint density at radius 3 is 1.63 bits per heavy atom. The lowest BCUT2D eigenvalue weighted by molar-refractivity contribution is 0.669. The van der Waals surface area contributed by atoms with E-state index in [1.165, 1.54) is 59.8 Å². The van der Waals surface area contributed by atoms with Crippen LogP contribution in [0.1, 0.15) is 0 Å². The molecule has 54 heavy (non-hydrogen) atoms. The molecule has 0 fully saturated rings. The van der Waals surface area contributed by atoms with Gasteiger partial charge in [0.05, 0.1) is 5.69 Å². The summed E-state index contributed by atoms with van der Waals surface area (Å²) in [6.07, 6.45) is 0. The molecule has 0 N–H and O–H groups in total. The number of hydrogen-bond donors (Lipinski definition) is 0. The maximum absolute atomic E-state index is 6.44. The van der Waals surface area contributed by atoms with E-state index in [4.69, 9.17) is 4.42 Å². The minimum atomic E-state index is 0.883. The van der Waals surface area contributed by atoms with E-state index >= 15 is 0 Å². The number of nitrogens with zero attached hydrogens (tertiary/aromatic N) is 1. The van der Waals surface area contributed by atoms with E-state index in [-0.39, 0.29) is 0 Å². The van der Waals surface area contributed by atoms with Gasteiger partial charge in [0, 0.05) is 27.7 Å². The second-order valence-corrected chi connectivity index (χ2v) is 14.2. The number of anilines is 3. The van der Waals surface area contributed by atoms with Crippen molar-refractivity contribution in [2.45, 2.75) is 0 Å². The van der Waals surface area contributed by atoms with Gasteiger partial charge in [-0.25, -0.2) is 0 Å². The third-order valence-corrected chi connectivity index (χ3v) is 11.0. The number of para-hydroxylation sites is 1. The van der Waals surface area contributed by atoms with Crippen molar-refractivity contribution in [1.82, 2.24) is 0 Å².